The van der Waals surface area contributed by atoms with E-state index in [0.717, 1.165) is 28.1 Å². The normalized spacial score (nSPS) is 14.9. The third-order valence-corrected chi connectivity index (χ3v) is 7.87. The molecule has 42 heavy (non-hydrogen) atoms. The Bertz CT molecular complexity index is 1670. The highest BCUT2D eigenvalue weighted by Crippen LogP contribution is 2.41. The van der Waals surface area contributed by atoms with Gasteiger partial charge < -0.3 is 14.8 Å². The lowest BCUT2D eigenvalue weighted by atomic mass is 10.1. The van der Waals surface area contributed by atoms with Crippen LogP contribution in [0.4, 0.5) is 17.1 Å². The fourth-order valence-electron chi connectivity index (χ4n) is 4.17. The molecule has 9 heteroatoms. The van der Waals surface area contributed by atoms with E-state index >= 15 is 0 Å². The Morgan fingerprint density at radius 1 is 0.976 bits per heavy atom. The van der Waals surface area contributed by atoms with Gasteiger partial charge in [0.25, 0.3) is 11.8 Å². The minimum atomic E-state index is -0.300. The molecular formula is C33H28BrN3O4S. The highest BCUT2D eigenvalue weighted by molar-refractivity contribution is 9.10. The molecule has 1 fully saturated rings. The highest BCUT2D eigenvalue weighted by Gasteiger charge is 2.35. The number of thioether (sulfide) groups is 1. The first-order valence-electron chi connectivity index (χ1n) is 13.1. The molecule has 7 nitrogen and oxygen atoms in total. The zero-order valence-electron chi connectivity index (χ0n) is 23.3. The van der Waals surface area contributed by atoms with Crippen molar-refractivity contribution in [3.05, 3.63) is 117 Å². The van der Waals surface area contributed by atoms with E-state index in [1.807, 2.05) is 86.6 Å². The standard InChI is InChI=1S/C33H28BrN3O4S/c1-21-9-13-25(14-10-21)36-33-37(26-15-11-22(2)12-16-26)32(39)29(42-33)19-23-17-27(34)31(28(18-23)40-3)41-20-30(38)35-24-7-5-4-6-8-24/h4-19H,20H2,1-3H3,(H,35,38)/b29-19-,36-33?. The molecule has 0 aromatic heterocycles. The lowest BCUT2D eigenvalue weighted by Gasteiger charge is -2.16. The van der Waals surface area contributed by atoms with Gasteiger partial charge in [-0.2, -0.15) is 0 Å². The molecule has 1 aliphatic heterocycles. The van der Waals surface area contributed by atoms with Gasteiger partial charge in [-0.3, -0.25) is 14.5 Å². The second-order valence-corrected chi connectivity index (χ2v) is 11.4. The van der Waals surface area contributed by atoms with Crippen molar-refractivity contribution in [3.8, 4) is 11.5 Å². The molecule has 0 bridgehead atoms. The minimum absolute atomic E-state index is 0.178. The summed E-state index contributed by atoms with van der Waals surface area (Å²) in [7, 11) is 1.52. The number of para-hydroxylation sites is 1. The molecule has 1 N–H and O–H groups in total. The van der Waals surface area contributed by atoms with Crippen molar-refractivity contribution in [1.29, 1.82) is 0 Å². The molecule has 4 aromatic rings. The van der Waals surface area contributed by atoms with Crippen LogP contribution in [0.5, 0.6) is 11.5 Å². The number of methoxy groups -OCH3 is 1. The van der Waals surface area contributed by atoms with Gasteiger partial charge in [0.15, 0.2) is 23.3 Å². The van der Waals surface area contributed by atoms with Crippen molar-refractivity contribution in [1.82, 2.24) is 0 Å². The molecule has 0 aliphatic carbocycles. The number of aryl methyl sites for hydroxylation is 2. The molecule has 0 atom stereocenters. The van der Waals surface area contributed by atoms with E-state index in [2.05, 4.69) is 21.2 Å². The first-order chi connectivity index (χ1) is 20.3. The van der Waals surface area contributed by atoms with Gasteiger partial charge in [-0.05, 0) is 102 Å². The van der Waals surface area contributed by atoms with Gasteiger partial charge in [0.1, 0.15) is 0 Å². The smallest absolute Gasteiger partial charge is 0.271 e. The number of aliphatic imine (C=N–C) groups is 1. The molecule has 0 saturated carbocycles. The summed E-state index contributed by atoms with van der Waals surface area (Å²) < 4.78 is 12.0. The number of anilines is 2. The van der Waals surface area contributed by atoms with Crippen LogP contribution in [0.3, 0.4) is 0 Å². The number of rotatable bonds is 8. The average molecular weight is 643 g/mol. The fraction of sp³-hybridized carbons (Fsp3) is 0.121. The monoisotopic (exact) mass is 641 g/mol. The molecule has 1 saturated heterocycles. The van der Waals surface area contributed by atoms with E-state index in [1.54, 1.807) is 29.2 Å². The maximum Gasteiger partial charge on any atom is 0.271 e. The predicted molar refractivity (Wildman–Crippen MR) is 174 cm³/mol. The van der Waals surface area contributed by atoms with Gasteiger partial charge in [-0.15, -0.1) is 0 Å². The Labute approximate surface area is 257 Å². The molecule has 0 spiro atoms. The molecule has 1 aliphatic rings. The zero-order chi connectivity index (χ0) is 29.6. The largest absolute Gasteiger partial charge is 0.493 e. The van der Waals surface area contributed by atoms with E-state index in [1.165, 1.54) is 18.9 Å². The molecule has 5 rings (SSSR count). The van der Waals surface area contributed by atoms with Crippen molar-refractivity contribution < 1.29 is 19.1 Å². The summed E-state index contributed by atoms with van der Waals surface area (Å²) in [6, 6.07) is 28.4. The number of benzene rings is 4. The lowest BCUT2D eigenvalue weighted by molar-refractivity contribution is -0.118. The molecule has 2 amide bonds. The van der Waals surface area contributed by atoms with Crippen molar-refractivity contribution in [2.45, 2.75) is 13.8 Å². The number of carbonyl (C=O) groups excluding carboxylic acids is 2. The number of amides is 2. The van der Waals surface area contributed by atoms with Gasteiger partial charge in [-0.1, -0.05) is 53.6 Å². The molecule has 212 valence electrons. The minimum Gasteiger partial charge on any atom is -0.493 e. The van der Waals surface area contributed by atoms with Crippen LogP contribution < -0.4 is 19.7 Å². The van der Waals surface area contributed by atoms with E-state index in [0.29, 0.717) is 31.7 Å². The average Bonchev–Trinajstić information content (AvgIpc) is 3.28. The number of nitrogens with one attached hydrogen (secondary N) is 1. The highest BCUT2D eigenvalue weighted by atomic mass is 79.9. The van der Waals surface area contributed by atoms with Crippen molar-refractivity contribution in [3.63, 3.8) is 0 Å². The molecule has 1 heterocycles. The number of ether oxygens (including phenoxy) is 2. The third-order valence-electron chi connectivity index (χ3n) is 6.31. The Morgan fingerprint density at radius 2 is 1.64 bits per heavy atom. The van der Waals surface area contributed by atoms with Crippen molar-refractivity contribution >= 4 is 67.8 Å². The SMILES string of the molecule is COc1cc(/C=C2\SC(=Nc3ccc(C)cc3)N(c3ccc(C)cc3)C2=O)cc(Br)c1OCC(=O)Nc1ccccc1. The Hall–Kier alpha value is -4.34. The van der Waals surface area contributed by atoms with Gasteiger partial charge in [0, 0.05) is 5.69 Å². The van der Waals surface area contributed by atoms with Crippen LogP contribution in [0.15, 0.2) is 105 Å². The van der Waals surface area contributed by atoms with Crippen LogP contribution in [-0.2, 0) is 9.59 Å². The first kappa shape index (κ1) is 29.2. The van der Waals surface area contributed by atoms with E-state index < -0.39 is 0 Å². The number of hydrogen-bond acceptors (Lipinski definition) is 6. The maximum absolute atomic E-state index is 13.7. The number of carbonyl (C=O) groups is 2. The van der Waals surface area contributed by atoms with Gasteiger partial charge in [-0.25, -0.2) is 4.99 Å². The molecule has 4 aromatic carbocycles. The van der Waals surface area contributed by atoms with Crippen LogP contribution in [0.25, 0.3) is 6.08 Å². The third kappa shape index (κ3) is 6.92. The quantitative estimate of drug-likeness (QED) is 0.198. The summed E-state index contributed by atoms with van der Waals surface area (Å²) in [5.41, 5.74) is 5.13. The second-order valence-electron chi connectivity index (χ2n) is 9.55. The second kappa shape index (κ2) is 13.1. The summed E-state index contributed by atoms with van der Waals surface area (Å²) in [6.07, 6.45) is 1.80. The fourth-order valence-corrected chi connectivity index (χ4v) is 5.75. The van der Waals surface area contributed by atoms with E-state index in [-0.39, 0.29) is 18.4 Å². The Kier molecular flexibility index (Phi) is 9.09. The summed E-state index contributed by atoms with van der Waals surface area (Å²) in [4.78, 5) is 33.1. The topological polar surface area (TPSA) is 80.2 Å². The summed E-state index contributed by atoms with van der Waals surface area (Å²) >= 11 is 4.85. The van der Waals surface area contributed by atoms with Crippen LogP contribution in [0, 0.1) is 13.8 Å². The van der Waals surface area contributed by atoms with Crippen LogP contribution in [-0.4, -0.2) is 30.7 Å². The van der Waals surface area contributed by atoms with Crippen LogP contribution in [0.2, 0.25) is 0 Å². The van der Waals surface area contributed by atoms with E-state index in [4.69, 9.17) is 14.5 Å². The number of halogens is 1. The number of nitrogens with zero attached hydrogens (tertiary/aromatic N) is 2. The number of hydrogen-bond donors (Lipinski definition) is 1. The molecule has 0 radical (unpaired) electrons. The van der Waals surface area contributed by atoms with E-state index in [9.17, 15) is 9.59 Å². The molecule has 0 unspecified atom stereocenters. The summed E-state index contributed by atoms with van der Waals surface area (Å²) in [5.74, 6) is 0.327. The predicted octanol–water partition coefficient (Wildman–Crippen LogP) is 7.90. The lowest BCUT2D eigenvalue weighted by Crippen LogP contribution is -2.28. The van der Waals surface area contributed by atoms with Crippen molar-refractivity contribution in [2.24, 2.45) is 4.99 Å². The number of amidine groups is 1. The van der Waals surface area contributed by atoms with Crippen LogP contribution in [0.1, 0.15) is 16.7 Å². The Balaban J connectivity index is 1.41. The van der Waals surface area contributed by atoms with Gasteiger partial charge in [0.05, 0.1) is 27.9 Å². The van der Waals surface area contributed by atoms with Crippen LogP contribution >= 0.6 is 27.7 Å². The zero-order valence-corrected chi connectivity index (χ0v) is 25.7. The van der Waals surface area contributed by atoms with Gasteiger partial charge >= 0.3 is 0 Å². The maximum atomic E-state index is 13.7. The van der Waals surface area contributed by atoms with Gasteiger partial charge in [0.2, 0.25) is 0 Å². The Morgan fingerprint density at radius 3 is 2.31 bits per heavy atom. The summed E-state index contributed by atoms with van der Waals surface area (Å²) in [5, 5.41) is 3.36. The van der Waals surface area contributed by atoms with Crippen molar-refractivity contribution in [2.75, 3.05) is 23.9 Å². The first-order valence-corrected chi connectivity index (χ1v) is 14.7. The molecular weight excluding hydrogens is 614 g/mol. The summed E-state index contributed by atoms with van der Waals surface area (Å²) in [6.45, 7) is 3.82.